The highest BCUT2D eigenvalue weighted by molar-refractivity contribution is 5.69. The number of rotatable bonds is 5. The van der Waals surface area contributed by atoms with Crippen LogP contribution in [0.15, 0.2) is 24.3 Å². The van der Waals surface area contributed by atoms with E-state index in [2.05, 4.69) is 0 Å². The molecule has 0 unspecified atom stereocenters. The van der Waals surface area contributed by atoms with E-state index in [-0.39, 0.29) is 12.1 Å². The molecule has 1 rings (SSSR count). The first-order valence-electron chi connectivity index (χ1n) is 5.44. The third kappa shape index (κ3) is 4.34. The van der Waals surface area contributed by atoms with Gasteiger partial charge in [-0.3, -0.25) is 4.79 Å². The lowest BCUT2D eigenvalue weighted by Gasteiger charge is -2.08. The van der Waals surface area contributed by atoms with Crippen molar-refractivity contribution < 1.29 is 14.3 Å². The molecule has 0 aliphatic rings. The molecule has 3 heteroatoms. The molecule has 0 bridgehead atoms. The number of carbonyl (C=O) groups is 1. The fourth-order valence-electron chi connectivity index (χ4n) is 1.40. The molecule has 1 aromatic rings. The maximum absolute atomic E-state index is 11.3. The number of ether oxygens (including phenoxy) is 2. The second-order valence-corrected chi connectivity index (χ2v) is 3.89. The zero-order chi connectivity index (χ0) is 12.0. The van der Waals surface area contributed by atoms with Gasteiger partial charge in [0.15, 0.2) is 0 Å². The molecule has 0 amide bonds. The van der Waals surface area contributed by atoms with E-state index in [9.17, 15) is 4.79 Å². The Morgan fingerprint density at radius 1 is 1.38 bits per heavy atom. The van der Waals surface area contributed by atoms with Gasteiger partial charge in [0.2, 0.25) is 0 Å². The van der Waals surface area contributed by atoms with E-state index in [4.69, 9.17) is 9.47 Å². The van der Waals surface area contributed by atoms with Gasteiger partial charge >= 0.3 is 5.97 Å². The van der Waals surface area contributed by atoms with Gasteiger partial charge in [0.05, 0.1) is 13.2 Å². The molecule has 0 atom stereocenters. The fraction of sp³-hybridized carbons (Fsp3) is 0.462. The number of carbonyl (C=O) groups excluding carboxylic acids is 1. The standard InChI is InChI=1S/C13H18O3/c1-10(2)16-13(14)8-7-11-5-4-6-12(9-11)15-3/h4-6,9-10H,7-8H2,1-3H3. The van der Waals surface area contributed by atoms with Gasteiger partial charge in [-0.25, -0.2) is 0 Å². The Morgan fingerprint density at radius 3 is 2.75 bits per heavy atom. The Morgan fingerprint density at radius 2 is 2.12 bits per heavy atom. The number of benzene rings is 1. The van der Waals surface area contributed by atoms with Crippen molar-refractivity contribution in [3.05, 3.63) is 29.8 Å². The summed E-state index contributed by atoms with van der Waals surface area (Å²) in [6.45, 7) is 3.70. The Balaban J connectivity index is 2.45. The van der Waals surface area contributed by atoms with Crippen LogP contribution in [0.4, 0.5) is 0 Å². The SMILES string of the molecule is COc1cccc(CCC(=O)OC(C)C)c1. The highest BCUT2D eigenvalue weighted by Crippen LogP contribution is 2.14. The van der Waals surface area contributed by atoms with Crippen molar-refractivity contribution in [3.63, 3.8) is 0 Å². The summed E-state index contributed by atoms with van der Waals surface area (Å²) >= 11 is 0. The van der Waals surface area contributed by atoms with Gasteiger partial charge in [-0.15, -0.1) is 0 Å². The van der Waals surface area contributed by atoms with Crippen LogP contribution >= 0.6 is 0 Å². The molecule has 0 saturated heterocycles. The first-order valence-corrected chi connectivity index (χ1v) is 5.44. The van der Waals surface area contributed by atoms with E-state index >= 15 is 0 Å². The Kier molecular flexibility index (Phi) is 4.83. The highest BCUT2D eigenvalue weighted by Gasteiger charge is 2.06. The minimum absolute atomic E-state index is 0.0437. The van der Waals surface area contributed by atoms with Crippen LogP contribution in [0.25, 0.3) is 0 Å². The van der Waals surface area contributed by atoms with Crippen LogP contribution < -0.4 is 4.74 Å². The molecule has 0 aromatic heterocycles. The molecule has 0 aliphatic heterocycles. The smallest absolute Gasteiger partial charge is 0.306 e. The van der Waals surface area contributed by atoms with Crippen LogP contribution in [0.5, 0.6) is 5.75 Å². The molecule has 1 aromatic carbocycles. The van der Waals surface area contributed by atoms with Crippen LogP contribution in [-0.4, -0.2) is 19.2 Å². The molecule has 0 heterocycles. The normalized spacial score (nSPS) is 10.2. The van der Waals surface area contributed by atoms with Crippen LogP contribution in [-0.2, 0) is 16.0 Å². The highest BCUT2D eigenvalue weighted by atomic mass is 16.5. The third-order valence-corrected chi connectivity index (χ3v) is 2.12. The minimum Gasteiger partial charge on any atom is -0.497 e. The molecule has 0 spiro atoms. The molecular weight excluding hydrogens is 204 g/mol. The molecule has 0 aliphatic carbocycles. The van der Waals surface area contributed by atoms with Crippen LogP contribution in [0.1, 0.15) is 25.8 Å². The lowest BCUT2D eigenvalue weighted by atomic mass is 10.1. The predicted molar refractivity (Wildman–Crippen MR) is 62.5 cm³/mol. The van der Waals surface area contributed by atoms with Crippen molar-refractivity contribution in [2.45, 2.75) is 32.8 Å². The zero-order valence-corrected chi connectivity index (χ0v) is 10.0. The summed E-state index contributed by atoms with van der Waals surface area (Å²) in [5.74, 6) is 0.660. The van der Waals surface area contributed by atoms with Gasteiger partial charge in [-0.05, 0) is 38.0 Å². The van der Waals surface area contributed by atoms with Crippen molar-refractivity contribution >= 4 is 5.97 Å². The first-order chi connectivity index (χ1) is 7.61. The summed E-state index contributed by atoms with van der Waals surface area (Å²) in [6.07, 6.45) is 1.05. The number of hydrogen-bond acceptors (Lipinski definition) is 3. The summed E-state index contributed by atoms with van der Waals surface area (Å²) in [5.41, 5.74) is 1.08. The molecular formula is C13H18O3. The molecule has 88 valence electrons. The predicted octanol–water partition coefficient (Wildman–Crippen LogP) is 2.58. The summed E-state index contributed by atoms with van der Waals surface area (Å²) < 4.78 is 10.2. The third-order valence-electron chi connectivity index (χ3n) is 2.12. The molecule has 16 heavy (non-hydrogen) atoms. The minimum atomic E-state index is -0.155. The van der Waals surface area contributed by atoms with E-state index in [1.165, 1.54) is 0 Å². The Labute approximate surface area is 96.4 Å². The summed E-state index contributed by atoms with van der Waals surface area (Å²) in [5, 5.41) is 0. The molecule has 0 N–H and O–H groups in total. The number of hydrogen-bond donors (Lipinski definition) is 0. The average molecular weight is 222 g/mol. The molecule has 3 nitrogen and oxygen atoms in total. The topological polar surface area (TPSA) is 35.5 Å². The van der Waals surface area contributed by atoms with E-state index in [0.29, 0.717) is 12.8 Å². The van der Waals surface area contributed by atoms with Crippen molar-refractivity contribution in [2.75, 3.05) is 7.11 Å². The monoisotopic (exact) mass is 222 g/mol. The largest absolute Gasteiger partial charge is 0.497 e. The van der Waals surface area contributed by atoms with Crippen LogP contribution in [0.3, 0.4) is 0 Å². The maximum Gasteiger partial charge on any atom is 0.306 e. The van der Waals surface area contributed by atoms with Crippen molar-refractivity contribution in [3.8, 4) is 5.75 Å². The summed E-state index contributed by atoms with van der Waals surface area (Å²) in [4.78, 5) is 11.3. The molecule has 0 fully saturated rings. The maximum atomic E-state index is 11.3. The van der Waals surface area contributed by atoms with Gasteiger partial charge < -0.3 is 9.47 Å². The van der Waals surface area contributed by atoms with Crippen molar-refractivity contribution in [2.24, 2.45) is 0 Å². The van der Waals surface area contributed by atoms with Gasteiger partial charge in [-0.2, -0.15) is 0 Å². The number of aryl methyl sites for hydroxylation is 1. The fourth-order valence-corrected chi connectivity index (χ4v) is 1.40. The first kappa shape index (κ1) is 12.6. The molecule has 0 saturated carbocycles. The van der Waals surface area contributed by atoms with Gasteiger partial charge in [0.25, 0.3) is 0 Å². The van der Waals surface area contributed by atoms with Crippen LogP contribution in [0, 0.1) is 0 Å². The average Bonchev–Trinajstić information content (AvgIpc) is 2.26. The lowest BCUT2D eigenvalue weighted by Crippen LogP contribution is -2.11. The molecule has 0 radical (unpaired) electrons. The van der Waals surface area contributed by atoms with Gasteiger partial charge in [0.1, 0.15) is 5.75 Å². The number of methoxy groups -OCH3 is 1. The second-order valence-electron chi connectivity index (χ2n) is 3.89. The van der Waals surface area contributed by atoms with Gasteiger partial charge in [0, 0.05) is 6.42 Å². The Bertz CT molecular complexity index is 345. The van der Waals surface area contributed by atoms with E-state index in [1.807, 2.05) is 38.1 Å². The Hall–Kier alpha value is -1.51. The lowest BCUT2D eigenvalue weighted by molar-refractivity contribution is -0.147. The summed E-state index contributed by atoms with van der Waals surface area (Å²) in [6, 6.07) is 7.71. The van der Waals surface area contributed by atoms with E-state index in [0.717, 1.165) is 11.3 Å². The van der Waals surface area contributed by atoms with Crippen LogP contribution in [0.2, 0.25) is 0 Å². The quantitative estimate of drug-likeness (QED) is 0.718. The van der Waals surface area contributed by atoms with Crippen molar-refractivity contribution in [1.29, 1.82) is 0 Å². The van der Waals surface area contributed by atoms with E-state index < -0.39 is 0 Å². The van der Waals surface area contributed by atoms with E-state index in [1.54, 1.807) is 7.11 Å². The number of esters is 1. The zero-order valence-electron chi connectivity index (χ0n) is 10.0. The van der Waals surface area contributed by atoms with Crippen molar-refractivity contribution in [1.82, 2.24) is 0 Å². The summed E-state index contributed by atoms with van der Waals surface area (Å²) in [7, 11) is 1.63. The second kappa shape index (κ2) is 6.16. The van der Waals surface area contributed by atoms with Gasteiger partial charge in [-0.1, -0.05) is 12.1 Å².